The van der Waals surface area contributed by atoms with Crippen molar-refractivity contribution in [3.05, 3.63) is 161 Å². The van der Waals surface area contributed by atoms with Gasteiger partial charge in [-0.1, -0.05) is 160 Å². The lowest BCUT2D eigenvalue weighted by atomic mass is 9.79. The average molecular weight is 666 g/mol. The molecule has 0 radical (unpaired) electrons. The van der Waals surface area contributed by atoms with Gasteiger partial charge in [-0.05, 0) is 114 Å². The molecule has 256 valence electrons. The molecule has 0 amide bonds. The highest BCUT2D eigenvalue weighted by atomic mass is 15.1. The lowest BCUT2D eigenvalue weighted by Crippen LogP contribution is -2.18. The van der Waals surface area contributed by atoms with Gasteiger partial charge in [0, 0.05) is 27.9 Å². The van der Waals surface area contributed by atoms with Crippen molar-refractivity contribution in [1.82, 2.24) is 0 Å². The van der Waals surface area contributed by atoms with Crippen LogP contribution in [-0.2, 0) is 21.7 Å². The van der Waals surface area contributed by atoms with Gasteiger partial charge in [0.05, 0.1) is 0 Å². The Labute approximate surface area is 306 Å². The lowest BCUT2D eigenvalue weighted by Gasteiger charge is -2.30. The topological polar surface area (TPSA) is 3.24 Å². The third kappa shape index (κ3) is 5.36. The molecule has 0 saturated heterocycles. The summed E-state index contributed by atoms with van der Waals surface area (Å²) in [5.74, 6) is 0. The van der Waals surface area contributed by atoms with E-state index < -0.39 is 0 Å². The summed E-state index contributed by atoms with van der Waals surface area (Å²) in [6.07, 6.45) is 0. The molecule has 8 rings (SSSR count). The molecule has 2 aliphatic carbocycles. The summed E-state index contributed by atoms with van der Waals surface area (Å²) in [6.45, 7) is 23.3. The highest BCUT2D eigenvalue weighted by molar-refractivity contribution is 5.88. The van der Waals surface area contributed by atoms with Crippen LogP contribution in [-0.4, -0.2) is 0 Å². The van der Waals surface area contributed by atoms with E-state index in [-0.39, 0.29) is 21.7 Å². The predicted molar refractivity (Wildman–Crippen MR) is 219 cm³/mol. The van der Waals surface area contributed by atoms with Crippen LogP contribution in [0.1, 0.15) is 103 Å². The fourth-order valence-corrected chi connectivity index (χ4v) is 8.57. The van der Waals surface area contributed by atoms with Crippen molar-refractivity contribution in [3.8, 4) is 33.4 Å². The molecule has 0 heterocycles. The lowest BCUT2D eigenvalue weighted by molar-refractivity contribution is 0.569. The Morgan fingerprint density at radius 1 is 0.373 bits per heavy atom. The first kappa shape index (κ1) is 33.3. The highest BCUT2D eigenvalue weighted by Gasteiger charge is 2.37. The van der Waals surface area contributed by atoms with Crippen molar-refractivity contribution in [3.63, 3.8) is 0 Å². The Morgan fingerprint density at radius 2 is 0.765 bits per heavy atom. The van der Waals surface area contributed by atoms with E-state index in [4.69, 9.17) is 0 Å². The SMILES string of the molecule is CC(C)(C)c1cc(-c2ccc(N(c3ccc4c(c3)C(C)(C)c3ccccc3-4)c3ccc4c(c3)C(C)(C)c3ccccc3-4)cc2)cc(C(C)(C)C)c1. The van der Waals surface area contributed by atoms with E-state index in [1.165, 1.54) is 78.1 Å². The van der Waals surface area contributed by atoms with Crippen molar-refractivity contribution in [2.45, 2.75) is 90.9 Å². The van der Waals surface area contributed by atoms with E-state index in [1.54, 1.807) is 0 Å². The Bertz CT molecular complexity index is 2180. The second-order valence-corrected chi connectivity index (χ2v) is 18.0. The molecule has 2 aliphatic rings. The summed E-state index contributed by atoms with van der Waals surface area (Å²) in [6, 6.07) is 48.5. The molecular weight excluding hydrogens is 615 g/mol. The summed E-state index contributed by atoms with van der Waals surface area (Å²) in [5, 5.41) is 0. The number of hydrogen-bond acceptors (Lipinski definition) is 1. The molecule has 0 bridgehead atoms. The van der Waals surface area contributed by atoms with Crippen LogP contribution in [0.4, 0.5) is 17.1 Å². The number of hydrogen-bond donors (Lipinski definition) is 0. The molecule has 1 nitrogen and oxygen atoms in total. The second kappa shape index (κ2) is 11.3. The molecule has 51 heavy (non-hydrogen) atoms. The molecule has 0 aliphatic heterocycles. The van der Waals surface area contributed by atoms with Gasteiger partial charge in [0.15, 0.2) is 0 Å². The zero-order valence-electron chi connectivity index (χ0n) is 32.1. The van der Waals surface area contributed by atoms with Crippen LogP contribution in [0.2, 0.25) is 0 Å². The van der Waals surface area contributed by atoms with Gasteiger partial charge < -0.3 is 4.90 Å². The first-order valence-electron chi connectivity index (χ1n) is 18.6. The minimum atomic E-state index is -0.0815. The number of anilines is 3. The minimum absolute atomic E-state index is 0.0642. The standard InChI is InChI=1S/C50H51N/c1-47(2,3)34-27-33(28-35(29-34)48(4,5)6)32-19-21-36(22-20-32)51(37-23-25-41-39-15-11-13-17-43(39)49(7,8)45(41)30-37)38-24-26-42-40-16-12-14-18-44(40)50(9,10)46(42)31-38/h11-31H,1-10H3. The number of rotatable bonds is 4. The van der Waals surface area contributed by atoms with E-state index in [0.717, 1.165) is 5.69 Å². The number of benzene rings is 6. The van der Waals surface area contributed by atoms with E-state index in [0.29, 0.717) is 0 Å². The largest absolute Gasteiger partial charge is 0.310 e. The van der Waals surface area contributed by atoms with Crippen molar-refractivity contribution in [2.24, 2.45) is 0 Å². The third-order valence-electron chi connectivity index (χ3n) is 11.8. The Hall–Kier alpha value is -4.88. The number of fused-ring (bicyclic) bond motifs is 6. The van der Waals surface area contributed by atoms with Gasteiger partial charge in [-0.2, -0.15) is 0 Å². The van der Waals surface area contributed by atoms with Crippen molar-refractivity contribution in [2.75, 3.05) is 4.90 Å². The monoisotopic (exact) mass is 665 g/mol. The molecule has 0 spiro atoms. The van der Waals surface area contributed by atoms with E-state index in [9.17, 15) is 0 Å². The molecule has 0 atom stereocenters. The van der Waals surface area contributed by atoms with Crippen molar-refractivity contribution in [1.29, 1.82) is 0 Å². The van der Waals surface area contributed by atoms with Gasteiger partial charge in [0.1, 0.15) is 0 Å². The van der Waals surface area contributed by atoms with Crippen LogP contribution in [0.3, 0.4) is 0 Å². The fourth-order valence-electron chi connectivity index (χ4n) is 8.57. The fraction of sp³-hybridized carbons (Fsp3) is 0.280. The normalized spacial score (nSPS) is 15.2. The van der Waals surface area contributed by atoms with Crippen LogP contribution in [0.5, 0.6) is 0 Å². The zero-order chi connectivity index (χ0) is 36.1. The second-order valence-electron chi connectivity index (χ2n) is 18.0. The third-order valence-corrected chi connectivity index (χ3v) is 11.8. The average Bonchev–Trinajstić information content (AvgIpc) is 3.47. The Kier molecular flexibility index (Phi) is 7.38. The molecule has 0 unspecified atom stereocenters. The molecule has 1 heteroatoms. The van der Waals surface area contributed by atoms with Crippen LogP contribution in [0.15, 0.2) is 127 Å². The van der Waals surface area contributed by atoms with Gasteiger partial charge in [0.2, 0.25) is 0 Å². The van der Waals surface area contributed by atoms with Gasteiger partial charge in [-0.3, -0.25) is 0 Å². The molecule has 0 saturated carbocycles. The van der Waals surface area contributed by atoms with Crippen LogP contribution in [0.25, 0.3) is 33.4 Å². The zero-order valence-corrected chi connectivity index (χ0v) is 32.1. The molecule has 0 N–H and O–H groups in total. The van der Waals surface area contributed by atoms with Crippen LogP contribution in [0, 0.1) is 0 Å². The quantitative estimate of drug-likeness (QED) is 0.181. The summed E-state index contributed by atoms with van der Waals surface area (Å²) in [7, 11) is 0. The van der Waals surface area contributed by atoms with Gasteiger partial charge in [-0.25, -0.2) is 0 Å². The van der Waals surface area contributed by atoms with E-state index >= 15 is 0 Å². The highest BCUT2D eigenvalue weighted by Crippen LogP contribution is 2.53. The van der Waals surface area contributed by atoms with Crippen LogP contribution < -0.4 is 4.90 Å². The van der Waals surface area contributed by atoms with Crippen LogP contribution >= 0.6 is 0 Å². The van der Waals surface area contributed by atoms with E-state index in [1.807, 2.05) is 0 Å². The summed E-state index contributed by atoms with van der Waals surface area (Å²) in [4.78, 5) is 2.47. The van der Waals surface area contributed by atoms with Crippen molar-refractivity contribution >= 4 is 17.1 Å². The van der Waals surface area contributed by atoms with Gasteiger partial charge in [-0.15, -0.1) is 0 Å². The maximum Gasteiger partial charge on any atom is 0.0465 e. The first-order chi connectivity index (χ1) is 24.0. The molecule has 0 aromatic heterocycles. The molecule has 6 aromatic carbocycles. The maximum atomic E-state index is 2.47. The minimum Gasteiger partial charge on any atom is -0.310 e. The Balaban J connectivity index is 1.28. The first-order valence-corrected chi connectivity index (χ1v) is 18.6. The van der Waals surface area contributed by atoms with Gasteiger partial charge in [0.25, 0.3) is 0 Å². The summed E-state index contributed by atoms with van der Waals surface area (Å²) in [5.41, 5.74) is 19.7. The smallest absolute Gasteiger partial charge is 0.0465 e. The molecule has 0 fully saturated rings. The summed E-state index contributed by atoms with van der Waals surface area (Å²) >= 11 is 0. The van der Waals surface area contributed by atoms with E-state index in [2.05, 4.69) is 202 Å². The van der Waals surface area contributed by atoms with Crippen molar-refractivity contribution < 1.29 is 0 Å². The Morgan fingerprint density at radius 3 is 1.20 bits per heavy atom. The molecule has 6 aromatic rings. The molecular formula is C50H51N. The predicted octanol–water partition coefficient (Wildman–Crippen LogP) is 14.0. The van der Waals surface area contributed by atoms with Gasteiger partial charge >= 0.3 is 0 Å². The number of nitrogens with zero attached hydrogens (tertiary/aromatic N) is 1. The summed E-state index contributed by atoms with van der Waals surface area (Å²) < 4.78 is 0. The maximum absolute atomic E-state index is 2.47.